The van der Waals surface area contributed by atoms with E-state index in [0.717, 1.165) is 23.5 Å². The fraction of sp³-hybridized carbons (Fsp3) is 0.294. The van der Waals surface area contributed by atoms with Crippen molar-refractivity contribution in [2.75, 3.05) is 0 Å². The van der Waals surface area contributed by atoms with Crippen LogP contribution in [-0.2, 0) is 6.42 Å². The molecule has 0 radical (unpaired) electrons. The van der Waals surface area contributed by atoms with Gasteiger partial charge in [0.15, 0.2) is 0 Å². The zero-order valence-electron chi connectivity index (χ0n) is 11.6. The molecule has 100 valence electrons. The van der Waals surface area contributed by atoms with Crippen molar-refractivity contribution in [3.8, 4) is 11.5 Å². The smallest absolute Gasteiger partial charge is 0.127 e. The van der Waals surface area contributed by atoms with Crippen molar-refractivity contribution < 1.29 is 4.74 Å². The minimum Gasteiger partial charge on any atom is -0.457 e. The number of rotatable bonds is 5. The van der Waals surface area contributed by atoms with Gasteiger partial charge in [0.2, 0.25) is 0 Å². The molecule has 0 spiro atoms. The Morgan fingerprint density at radius 2 is 1.47 bits per heavy atom. The largest absolute Gasteiger partial charge is 0.457 e. The minimum absolute atomic E-state index is 0.0578. The molecule has 19 heavy (non-hydrogen) atoms. The van der Waals surface area contributed by atoms with Crippen LogP contribution in [-0.4, -0.2) is 0 Å². The SMILES string of the molecule is CCCc1ccc(Oc2ccc([C@H](C)N)cc2)cc1. The van der Waals surface area contributed by atoms with E-state index >= 15 is 0 Å². The highest BCUT2D eigenvalue weighted by Gasteiger charge is 2.01. The first-order chi connectivity index (χ1) is 9.19. The van der Waals surface area contributed by atoms with Crippen LogP contribution >= 0.6 is 0 Å². The van der Waals surface area contributed by atoms with Gasteiger partial charge in [-0.05, 0) is 48.7 Å². The molecule has 2 N–H and O–H groups in total. The summed E-state index contributed by atoms with van der Waals surface area (Å²) in [7, 11) is 0. The Morgan fingerprint density at radius 1 is 0.947 bits per heavy atom. The van der Waals surface area contributed by atoms with Crippen molar-refractivity contribution in [1.29, 1.82) is 0 Å². The lowest BCUT2D eigenvalue weighted by Crippen LogP contribution is -2.04. The second-order valence-corrected chi connectivity index (χ2v) is 4.85. The monoisotopic (exact) mass is 255 g/mol. The summed E-state index contributed by atoms with van der Waals surface area (Å²) in [4.78, 5) is 0. The molecule has 0 aliphatic carbocycles. The van der Waals surface area contributed by atoms with Gasteiger partial charge in [-0.1, -0.05) is 37.6 Å². The summed E-state index contributed by atoms with van der Waals surface area (Å²) in [5.41, 5.74) is 8.29. The number of benzene rings is 2. The Bertz CT molecular complexity index is 500. The molecule has 0 fully saturated rings. The summed E-state index contributed by atoms with van der Waals surface area (Å²) >= 11 is 0. The molecule has 0 saturated carbocycles. The van der Waals surface area contributed by atoms with E-state index in [1.165, 1.54) is 12.0 Å². The predicted molar refractivity (Wildman–Crippen MR) is 79.6 cm³/mol. The van der Waals surface area contributed by atoms with Crippen LogP contribution in [0.4, 0.5) is 0 Å². The van der Waals surface area contributed by atoms with Gasteiger partial charge in [-0.25, -0.2) is 0 Å². The molecule has 2 aromatic rings. The van der Waals surface area contributed by atoms with Crippen LogP contribution in [0.3, 0.4) is 0 Å². The van der Waals surface area contributed by atoms with Crippen molar-refractivity contribution in [2.45, 2.75) is 32.7 Å². The van der Waals surface area contributed by atoms with E-state index in [1.807, 2.05) is 43.3 Å². The van der Waals surface area contributed by atoms with Crippen LogP contribution < -0.4 is 10.5 Å². The first kappa shape index (κ1) is 13.6. The third kappa shape index (κ3) is 3.83. The van der Waals surface area contributed by atoms with E-state index in [1.54, 1.807) is 0 Å². The van der Waals surface area contributed by atoms with Gasteiger partial charge >= 0.3 is 0 Å². The second-order valence-electron chi connectivity index (χ2n) is 4.85. The maximum absolute atomic E-state index is 5.82. The van der Waals surface area contributed by atoms with E-state index < -0.39 is 0 Å². The summed E-state index contributed by atoms with van der Waals surface area (Å²) in [6.45, 7) is 4.16. The predicted octanol–water partition coefficient (Wildman–Crippen LogP) is 4.45. The average Bonchev–Trinajstić information content (AvgIpc) is 2.42. The van der Waals surface area contributed by atoms with E-state index in [2.05, 4.69) is 19.1 Å². The Labute approximate surface area is 115 Å². The highest BCUT2D eigenvalue weighted by molar-refractivity contribution is 5.35. The Hall–Kier alpha value is -1.80. The van der Waals surface area contributed by atoms with Gasteiger partial charge in [-0.15, -0.1) is 0 Å². The van der Waals surface area contributed by atoms with E-state index in [0.29, 0.717) is 0 Å². The van der Waals surface area contributed by atoms with E-state index in [-0.39, 0.29) is 6.04 Å². The summed E-state index contributed by atoms with van der Waals surface area (Å²) < 4.78 is 5.81. The molecule has 2 nitrogen and oxygen atoms in total. The highest BCUT2D eigenvalue weighted by Crippen LogP contribution is 2.23. The first-order valence-corrected chi connectivity index (χ1v) is 6.81. The minimum atomic E-state index is 0.0578. The number of ether oxygens (including phenoxy) is 1. The number of nitrogens with two attached hydrogens (primary N) is 1. The second kappa shape index (κ2) is 6.39. The summed E-state index contributed by atoms with van der Waals surface area (Å²) in [5, 5.41) is 0. The molecular formula is C17H21NO. The van der Waals surface area contributed by atoms with Gasteiger partial charge in [-0.2, -0.15) is 0 Å². The van der Waals surface area contributed by atoms with Crippen LogP contribution in [0, 0.1) is 0 Å². The van der Waals surface area contributed by atoms with Gasteiger partial charge in [0.25, 0.3) is 0 Å². The van der Waals surface area contributed by atoms with Crippen LogP contribution in [0.25, 0.3) is 0 Å². The van der Waals surface area contributed by atoms with Crippen molar-refractivity contribution in [1.82, 2.24) is 0 Å². The van der Waals surface area contributed by atoms with Gasteiger partial charge in [0, 0.05) is 6.04 Å². The highest BCUT2D eigenvalue weighted by atomic mass is 16.5. The lowest BCUT2D eigenvalue weighted by atomic mass is 10.1. The molecule has 0 aromatic heterocycles. The molecule has 0 aliphatic heterocycles. The molecule has 0 bridgehead atoms. The lowest BCUT2D eigenvalue weighted by molar-refractivity contribution is 0.482. The van der Waals surface area contributed by atoms with Crippen molar-refractivity contribution in [3.63, 3.8) is 0 Å². The Morgan fingerprint density at radius 3 is 1.95 bits per heavy atom. The molecule has 0 saturated heterocycles. The van der Waals surface area contributed by atoms with Gasteiger partial charge < -0.3 is 10.5 Å². The molecule has 0 heterocycles. The summed E-state index contributed by atoms with van der Waals surface area (Å²) in [6, 6.07) is 16.3. The molecule has 0 amide bonds. The first-order valence-electron chi connectivity index (χ1n) is 6.81. The maximum atomic E-state index is 5.82. The fourth-order valence-electron chi connectivity index (χ4n) is 1.99. The zero-order chi connectivity index (χ0) is 13.7. The molecular weight excluding hydrogens is 234 g/mol. The molecule has 2 aromatic carbocycles. The average molecular weight is 255 g/mol. The topological polar surface area (TPSA) is 35.2 Å². The van der Waals surface area contributed by atoms with Crippen molar-refractivity contribution in [3.05, 3.63) is 59.7 Å². The standard InChI is InChI=1S/C17H21NO/c1-3-4-14-5-9-16(10-6-14)19-17-11-7-15(8-12-17)13(2)18/h5-13H,3-4,18H2,1-2H3/t13-/m0/s1. The molecule has 1 atom stereocenters. The quantitative estimate of drug-likeness (QED) is 0.856. The van der Waals surface area contributed by atoms with Crippen LogP contribution in [0.15, 0.2) is 48.5 Å². The fourth-order valence-corrected chi connectivity index (χ4v) is 1.99. The number of aryl methyl sites for hydroxylation is 1. The van der Waals surface area contributed by atoms with Gasteiger partial charge in [-0.3, -0.25) is 0 Å². The third-order valence-electron chi connectivity index (χ3n) is 3.10. The van der Waals surface area contributed by atoms with Crippen molar-refractivity contribution >= 4 is 0 Å². The maximum Gasteiger partial charge on any atom is 0.127 e. The number of hydrogen-bond donors (Lipinski definition) is 1. The van der Waals surface area contributed by atoms with Gasteiger partial charge in [0.05, 0.1) is 0 Å². The Kier molecular flexibility index (Phi) is 4.58. The van der Waals surface area contributed by atoms with Crippen LogP contribution in [0.1, 0.15) is 37.4 Å². The number of hydrogen-bond acceptors (Lipinski definition) is 2. The summed E-state index contributed by atoms with van der Waals surface area (Å²) in [6.07, 6.45) is 2.28. The van der Waals surface area contributed by atoms with Gasteiger partial charge in [0.1, 0.15) is 11.5 Å². The van der Waals surface area contributed by atoms with Crippen LogP contribution in [0.2, 0.25) is 0 Å². The summed E-state index contributed by atoms with van der Waals surface area (Å²) in [5.74, 6) is 1.71. The lowest BCUT2D eigenvalue weighted by Gasteiger charge is -2.09. The zero-order valence-corrected chi connectivity index (χ0v) is 11.6. The Balaban J connectivity index is 2.04. The third-order valence-corrected chi connectivity index (χ3v) is 3.10. The van der Waals surface area contributed by atoms with Crippen LogP contribution in [0.5, 0.6) is 11.5 Å². The molecule has 0 aliphatic rings. The van der Waals surface area contributed by atoms with E-state index in [4.69, 9.17) is 10.5 Å². The van der Waals surface area contributed by atoms with Crippen molar-refractivity contribution in [2.24, 2.45) is 5.73 Å². The molecule has 2 heteroatoms. The molecule has 0 unspecified atom stereocenters. The molecule has 2 rings (SSSR count). The normalized spacial score (nSPS) is 12.2. The van der Waals surface area contributed by atoms with E-state index in [9.17, 15) is 0 Å².